The first-order valence-corrected chi connectivity index (χ1v) is 6.99. The monoisotopic (exact) mass is 245 g/mol. The lowest BCUT2D eigenvalue weighted by atomic mass is 9.78. The number of carbonyl (C=O) groups excluding carboxylic acids is 1. The number of nitrogens with zero attached hydrogens (tertiary/aromatic N) is 1. The second-order valence-electron chi connectivity index (χ2n) is 5.48. The Bertz CT molecular complexity index is 399. The maximum Gasteiger partial charge on any atom is 0.223 e. The Hall–Kier alpha value is -1.31. The molecular weight excluding hydrogens is 222 g/mol. The largest absolute Gasteiger partial charge is 0.336 e. The van der Waals surface area contributed by atoms with Crippen LogP contribution in [0.25, 0.3) is 0 Å². The van der Waals surface area contributed by atoms with Crippen LogP contribution in [-0.4, -0.2) is 17.4 Å². The van der Waals surface area contributed by atoms with E-state index in [0.29, 0.717) is 24.2 Å². The summed E-state index contributed by atoms with van der Waals surface area (Å²) in [6, 6.07) is 10.7. The van der Waals surface area contributed by atoms with Crippen molar-refractivity contribution >= 4 is 5.91 Å². The topological polar surface area (TPSA) is 20.3 Å². The van der Waals surface area contributed by atoms with Crippen molar-refractivity contribution in [2.75, 3.05) is 6.54 Å². The van der Waals surface area contributed by atoms with Crippen molar-refractivity contribution in [2.24, 2.45) is 11.8 Å². The minimum absolute atomic E-state index is 0.262. The number of hydrogen-bond donors (Lipinski definition) is 0. The molecule has 2 nitrogen and oxygen atoms in total. The molecule has 0 aliphatic carbocycles. The van der Waals surface area contributed by atoms with Crippen LogP contribution in [0.4, 0.5) is 0 Å². The van der Waals surface area contributed by atoms with Crippen LogP contribution in [0.2, 0.25) is 0 Å². The highest BCUT2D eigenvalue weighted by Crippen LogP contribution is 2.40. The molecule has 2 heteroatoms. The smallest absolute Gasteiger partial charge is 0.223 e. The number of carbonyl (C=O) groups is 1. The first kappa shape index (κ1) is 13.1. The second kappa shape index (κ2) is 5.55. The highest BCUT2D eigenvalue weighted by molar-refractivity contribution is 5.77. The van der Waals surface area contributed by atoms with E-state index in [4.69, 9.17) is 0 Å². The van der Waals surface area contributed by atoms with Crippen molar-refractivity contribution in [1.82, 2.24) is 4.90 Å². The summed E-state index contributed by atoms with van der Waals surface area (Å²) in [5.41, 5.74) is 1.28. The summed E-state index contributed by atoms with van der Waals surface area (Å²) >= 11 is 0. The fourth-order valence-corrected chi connectivity index (χ4v) is 3.13. The van der Waals surface area contributed by atoms with Crippen LogP contribution in [-0.2, 0) is 4.79 Å². The van der Waals surface area contributed by atoms with Gasteiger partial charge in [-0.15, -0.1) is 0 Å². The summed E-state index contributed by atoms with van der Waals surface area (Å²) in [5.74, 6) is 1.49. The van der Waals surface area contributed by atoms with Crippen molar-refractivity contribution < 1.29 is 4.79 Å². The first-order valence-electron chi connectivity index (χ1n) is 6.99. The molecule has 0 spiro atoms. The van der Waals surface area contributed by atoms with E-state index in [-0.39, 0.29) is 6.04 Å². The molecule has 1 heterocycles. The molecule has 18 heavy (non-hydrogen) atoms. The highest BCUT2D eigenvalue weighted by Gasteiger charge is 2.37. The first-order chi connectivity index (χ1) is 8.65. The van der Waals surface area contributed by atoms with E-state index in [9.17, 15) is 4.79 Å². The van der Waals surface area contributed by atoms with Crippen molar-refractivity contribution in [1.29, 1.82) is 0 Å². The molecule has 1 amide bonds. The Morgan fingerprint density at radius 3 is 2.50 bits per heavy atom. The van der Waals surface area contributed by atoms with Crippen molar-refractivity contribution in [3.05, 3.63) is 35.9 Å². The fraction of sp³-hybridized carbons (Fsp3) is 0.562. The third-order valence-electron chi connectivity index (χ3n) is 4.09. The zero-order valence-corrected chi connectivity index (χ0v) is 11.6. The second-order valence-corrected chi connectivity index (χ2v) is 5.48. The molecule has 1 saturated heterocycles. The molecule has 1 aliphatic heterocycles. The summed E-state index contributed by atoms with van der Waals surface area (Å²) in [5, 5.41) is 0. The van der Waals surface area contributed by atoms with E-state index in [2.05, 4.69) is 49.9 Å². The molecule has 0 saturated carbocycles. The Balaban J connectivity index is 2.37. The summed E-state index contributed by atoms with van der Waals surface area (Å²) in [7, 11) is 0. The van der Waals surface area contributed by atoms with Gasteiger partial charge in [-0.25, -0.2) is 0 Å². The average molecular weight is 245 g/mol. The highest BCUT2D eigenvalue weighted by atomic mass is 16.2. The molecule has 0 N–H and O–H groups in total. The van der Waals surface area contributed by atoms with Crippen LogP contribution in [0.1, 0.15) is 45.2 Å². The lowest BCUT2D eigenvalue weighted by molar-refractivity contribution is -0.139. The maximum atomic E-state index is 12.1. The Labute approximate surface area is 110 Å². The predicted octanol–water partition coefficient (Wildman–Crippen LogP) is 3.64. The number of rotatable bonds is 3. The minimum Gasteiger partial charge on any atom is -0.336 e. The normalized spacial score (nSPS) is 24.7. The third-order valence-corrected chi connectivity index (χ3v) is 4.09. The Kier molecular flexibility index (Phi) is 4.05. The summed E-state index contributed by atoms with van der Waals surface area (Å²) < 4.78 is 0. The van der Waals surface area contributed by atoms with Gasteiger partial charge in [-0.2, -0.15) is 0 Å². The van der Waals surface area contributed by atoms with Crippen molar-refractivity contribution in [2.45, 2.75) is 39.7 Å². The Morgan fingerprint density at radius 1 is 1.28 bits per heavy atom. The van der Waals surface area contributed by atoms with Gasteiger partial charge in [0.05, 0.1) is 6.04 Å². The molecular formula is C16H23NO. The SMILES string of the molecule is CCN1C(=O)CC[C@@H](C(C)C)[C@@H]1c1ccccc1. The van der Waals surface area contributed by atoms with Gasteiger partial charge in [0.15, 0.2) is 0 Å². The number of piperidine rings is 1. The van der Waals surface area contributed by atoms with Gasteiger partial charge in [-0.1, -0.05) is 44.2 Å². The van der Waals surface area contributed by atoms with Gasteiger partial charge in [0.1, 0.15) is 0 Å². The molecule has 1 aromatic carbocycles. The van der Waals surface area contributed by atoms with Crippen LogP contribution < -0.4 is 0 Å². The standard InChI is InChI=1S/C16H23NO/c1-4-17-15(18)11-10-14(12(2)3)16(17)13-8-6-5-7-9-13/h5-9,12,14,16H,4,10-11H2,1-3H3/t14-,16-/m0/s1. The van der Waals surface area contributed by atoms with Crippen molar-refractivity contribution in [3.63, 3.8) is 0 Å². The van der Waals surface area contributed by atoms with E-state index in [1.807, 2.05) is 6.07 Å². The lowest BCUT2D eigenvalue weighted by Gasteiger charge is -2.43. The van der Waals surface area contributed by atoms with Crippen LogP contribution >= 0.6 is 0 Å². The van der Waals surface area contributed by atoms with Gasteiger partial charge in [0.2, 0.25) is 5.91 Å². The number of likely N-dealkylation sites (tertiary alicyclic amines) is 1. The van der Waals surface area contributed by atoms with Gasteiger partial charge in [0, 0.05) is 13.0 Å². The predicted molar refractivity (Wildman–Crippen MR) is 74.1 cm³/mol. The van der Waals surface area contributed by atoms with Crippen LogP contribution in [0.5, 0.6) is 0 Å². The number of amides is 1. The van der Waals surface area contributed by atoms with Crippen LogP contribution in [0.15, 0.2) is 30.3 Å². The zero-order valence-electron chi connectivity index (χ0n) is 11.6. The van der Waals surface area contributed by atoms with E-state index in [0.717, 1.165) is 13.0 Å². The molecule has 0 unspecified atom stereocenters. The van der Waals surface area contributed by atoms with E-state index >= 15 is 0 Å². The summed E-state index contributed by atoms with van der Waals surface area (Å²) in [6.07, 6.45) is 1.73. The lowest BCUT2D eigenvalue weighted by Crippen LogP contribution is -2.44. The molecule has 1 aliphatic rings. The van der Waals surface area contributed by atoms with Gasteiger partial charge >= 0.3 is 0 Å². The van der Waals surface area contributed by atoms with Gasteiger partial charge in [-0.3, -0.25) is 4.79 Å². The fourth-order valence-electron chi connectivity index (χ4n) is 3.13. The molecule has 2 atom stereocenters. The van der Waals surface area contributed by atoms with Gasteiger partial charge in [0.25, 0.3) is 0 Å². The molecule has 0 bridgehead atoms. The number of benzene rings is 1. The maximum absolute atomic E-state index is 12.1. The van der Waals surface area contributed by atoms with E-state index in [1.54, 1.807) is 0 Å². The molecule has 1 fully saturated rings. The van der Waals surface area contributed by atoms with Crippen LogP contribution in [0.3, 0.4) is 0 Å². The van der Waals surface area contributed by atoms with E-state index < -0.39 is 0 Å². The van der Waals surface area contributed by atoms with Crippen molar-refractivity contribution in [3.8, 4) is 0 Å². The quantitative estimate of drug-likeness (QED) is 0.796. The molecule has 98 valence electrons. The molecule has 0 aromatic heterocycles. The van der Waals surface area contributed by atoms with Gasteiger partial charge in [-0.05, 0) is 30.7 Å². The molecule has 2 rings (SSSR count). The summed E-state index contributed by atoms with van der Waals surface area (Å²) in [4.78, 5) is 14.2. The summed E-state index contributed by atoms with van der Waals surface area (Å²) in [6.45, 7) is 7.42. The molecule has 0 radical (unpaired) electrons. The van der Waals surface area contributed by atoms with Gasteiger partial charge < -0.3 is 4.90 Å². The number of hydrogen-bond acceptors (Lipinski definition) is 1. The average Bonchev–Trinajstić information content (AvgIpc) is 2.39. The van der Waals surface area contributed by atoms with Crippen LogP contribution in [0, 0.1) is 11.8 Å². The zero-order chi connectivity index (χ0) is 13.1. The minimum atomic E-state index is 0.262. The molecule has 1 aromatic rings. The Morgan fingerprint density at radius 2 is 1.94 bits per heavy atom. The third kappa shape index (κ3) is 2.43. The van der Waals surface area contributed by atoms with E-state index in [1.165, 1.54) is 5.56 Å².